The summed E-state index contributed by atoms with van der Waals surface area (Å²) < 4.78 is 0. The molecule has 0 radical (unpaired) electrons. The van der Waals surface area contributed by atoms with E-state index in [1.54, 1.807) is 6.92 Å². The highest BCUT2D eigenvalue weighted by molar-refractivity contribution is 5.81. The number of carbonyl (C=O) groups excluding carboxylic acids is 3. The maximum absolute atomic E-state index is 11.3. The van der Waals surface area contributed by atoms with Gasteiger partial charge in [-0.2, -0.15) is 0 Å². The molecule has 0 aromatic rings. The van der Waals surface area contributed by atoms with Crippen LogP contribution in [0.1, 0.15) is 79.6 Å². The van der Waals surface area contributed by atoms with E-state index in [9.17, 15) is 24.6 Å². The Kier molecular flexibility index (Phi) is 33.3. The van der Waals surface area contributed by atoms with Crippen molar-refractivity contribution in [2.75, 3.05) is 33.9 Å². The van der Waals surface area contributed by atoms with Crippen molar-refractivity contribution in [2.45, 2.75) is 97.8 Å². The molecule has 1 aliphatic heterocycles. The van der Waals surface area contributed by atoms with Crippen LogP contribution in [0.2, 0.25) is 0 Å². The van der Waals surface area contributed by atoms with Crippen molar-refractivity contribution >= 4 is 17.6 Å². The Morgan fingerprint density at radius 3 is 1.94 bits per heavy atom. The molecule has 1 saturated heterocycles. The van der Waals surface area contributed by atoms with E-state index in [0.29, 0.717) is 18.6 Å². The SMILES string of the molecule is CC.CC.CC(=O)C1CCCN1C.CO.NC(=O)CCCC(=O)NCC(O)C(O)CCCO. The number of Topliss-reactive ketones (excluding diaryl/α,β-unsaturated/α-hetero) is 1. The molecule has 200 valence electrons. The Bertz CT molecular complexity index is 465. The summed E-state index contributed by atoms with van der Waals surface area (Å²) in [4.78, 5) is 34.6. The number of nitrogens with one attached hydrogen (secondary N) is 1. The molecule has 10 heteroatoms. The molecule has 1 aliphatic rings. The first-order chi connectivity index (χ1) is 15.7. The average molecular weight is 482 g/mol. The number of amides is 2. The second-order valence-corrected chi connectivity index (χ2v) is 6.87. The Balaban J connectivity index is -0.000000233. The highest BCUT2D eigenvalue weighted by Crippen LogP contribution is 2.14. The molecule has 3 atom stereocenters. The Labute approximate surface area is 200 Å². The lowest BCUT2D eigenvalue weighted by Gasteiger charge is -2.17. The molecule has 10 nitrogen and oxygen atoms in total. The van der Waals surface area contributed by atoms with Gasteiger partial charge >= 0.3 is 0 Å². The van der Waals surface area contributed by atoms with Crippen LogP contribution in [-0.2, 0) is 14.4 Å². The van der Waals surface area contributed by atoms with Gasteiger partial charge in [-0.05, 0) is 52.6 Å². The molecule has 1 heterocycles. The van der Waals surface area contributed by atoms with Gasteiger partial charge in [0, 0.05) is 33.1 Å². The molecule has 7 N–H and O–H groups in total. The van der Waals surface area contributed by atoms with E-state index in [0.717, 1.165) is 20.1 Å². The van der Waals surface area contributed by atoms with Crippen LogP contribution in [-0.4, -0.2) is 95.0 Å². The van der Waals surface area contributed by atoms with Crippen molar-refractivity contribution in [3.8, 4) is 0 Å². The number of primary amides is 1. The Hall–Kier alpha value is -1.59. The minimum atomic E-state index is -1.06. The zero-order chi connectivity index (χ0) is 26.8. The summed E-state index contributed by atoms with van der Waals surface area (Å²) in [6.45, 7) is 10.7. The predicted molar refractivity (Wildman–Crippen MR) is 132 cm³/mol. The predicted octanol–water partition coefficient (Wildman–Crippen LogP) is 0.583. The quantitative estimate of drug-likeness (QED) is 0.248. The van der Waals surface area contributed by atoms with Gasteiger partial charge in [-0.15, -0.1) is 0 Å². The molecule has 0 aliphatic carbocycles. The number of carbonyl (C=O) groups is 3. The number of nitrogens with zero attached hydrogens (tertiary/aromatic N) is 1. The van der Waals surface area contributed by atoms with Crippen LogP contribution < -0.4 is 11.1 Å². The molecule has 33 heavy (non-hydrogen) atoms. The highest BCUT2D eigenvalue weighted by atomic mass is 16.3. The number of hydrogen-bond donors (Lipinski definition) is 6. The lowest BCUT2D eigenvalue weighted by molar-refractivity contribution is -0.122. The molecule has 0 spiro atoms. The Morgan fingerprint density at radius 1 is 1.03 bits per heavy atom. The fraction of sp³-hybridized carbons (Fsp3) is 0.870. The number of aliphatic hydroxyl groups is 4. The minimum Gasteiger partial charge on any atom is -0.400 e. The van der Waals surface area contributed by atoms with Crippen molar-refractivity contribution in [3.63, 3.8) is 0 Å². The third-order valence-electron chi connectivity index (χ3n) is 4.43. The first-order valence-electron chi connectivity index (χ1n) is 11.9. The number of rotatable bonds is 11. The maximum Gasteiger partial charge on any atom is 0.220 e. The molecule has 2 amide bonds. The summed E-state index contributed by atoms with van der Waals surface area (Å²) in [7, 11) is 3.01. The molecule has 0 bridgehead atoms. The number of aliphatic hydroxyl groups excluding tert-OH is 4. The summed E-state index contributed by atoms with van der Waals surface area (Å²) in [6.07, 6.45) is 1.55. The number of likely N-dealkylation sites (tertiary alicyclic amines) is 1. The normalized spacial score (nSPS) is 16.0. The standard InChI is InChI=1S/C11H22N2O5.C7H13NO.2C2H6.CH4O/c12-10(17)4-1-5-11(18)13-7-9(16)8(15)3-2-6-14;1-6(9)7-4-3-5-8(7)2;3*1-2/h8-9,14-16H,1-7H2,(H2,12,17)(H,13,18);7H,3-5H2,1-2H3;2*1-2H3;2H,1H3. The van der Waals surface area contributed by atoms with E-state index in [-0.39, 0.29) is 44.4 Å². The molecule has 3 unspecified atom stereocenters. The monoisotopic (exact) mass is 481 g/mol. The van der Waals surface area contributed by atoms with Gasteiger partial charge in [0.05, 0.1) is 18.2 Å². The van der Waals surface area contributed by atoms with Crippen LogP contribution in [0.3, 0.4) is 0 Å². The van der Waals surface area contributed by atoms with Crippen LogP contribution in [0.5, 0.6) is 0 Å². The van der Waals surface area contributed by atoms with Crippen LogP contribution in [0.15, 0.2) is 0 Å². The molecule has 0 aromatic heterocycles. The van der Waals surface area contributed by atoms with Crippen LogP contribution >= 0.6 is 0 Å². The van der Waals surface area contributed by atoms with E-state index >= 15 is 0 Å². The largest absolute Gasteiger partial charge is 0.400 e. The number of hydrogen-bond acceptors (Lipinski definition) is 8. The maximum atomic E-state index is 11.3. The van der Waals surface area contributed by atoms with Gasteiger partial charge in [0.25, 0.3) is 0 Å². The van der Waals surface area contributed by atoms with Crippen molar-refractivity contribution in [2.24, 2.45) is 5.73 Å². The number of ketones is 1. The van der Waals surface area contributed by atoms with E-state index < -0.39 is 18.1 Å². The molecule has 0 saturated carbocycles. The fourth-order valence-corrected chi connectivity index (χ4v) is 2.78. The van der Waals surface area contributed by atoms with Crippen molar-refractivity contribution in [1.29, 1.82) is 0 Å². The minimum absolute atomic E-state index is 0.0523. The average Bonchev–Trinajstić information content (AvgIpc) is 3.26. The summed E-state index contributed by atoms with van der Waals surface area (Å²) in [5.41, 5.74) is 4.92. The second-order valence-electron chi connectivity index (χ2n) is 6.87. The fourth-order valence-electron chi connectivity index (χ4n) is 2.78. The molecular weight excluding hydrogens is 430 g/mol. The summed E-state index contributed by atoms with van der Waals surface area (Å²) in [5.74, 6) is -0.443. The highest BCUT2D eigenvalue weighted by Gasteiger charge is 2.24. The second kappa shape index (κ2) is 28.4. The van der Waals surface area contributed by atoms with Crippen molar-refractivity contribution in [3.05, 3.63) is 0 Å². The van der Waals surface area contributed by atoms with Gasteiger partial charge in [-0.1, -0.05) is 27.7 Å². The topological polar surface area (TPSA) is 173 Å². The van der Waals surface area contributed by atoms with E-state index in [1.165, 1.54) is 6.42 Å². The van der Waals surface area contributed by atoms with Crippen LogP contribution in [0, 0.1) is 0 Å². The van der Waals surface area contributed by atoms with Gasteiger partial charge in [0.1, 0.15) is 5.78 Å². The molecule has 0 aromatic carbocycles. The zero-order valence-electron chi connectivity index (χ0n) is 21.8. The van der Waals surface area contributed by atoms with Crippen molar-refractivity contribution < 1.29 is 34.8 Å². The Morgan fingerprint density at radius 2 is 1.58 bits per heavy atom. The zero-order valence-corrected chi connectivity index (χ0v) is 21.8. The third kappa shape index (κ3) is 24.9. The van der Waals surface area contributed by atoms with E-state index in [2.05, 4.69) is 10.2 Å². The lowest BCUT2D eigenvalue weighted by atomic mass is 10.1. The third-order valence-corrected chi connectivity index (χ3v) is 4.43. The van der Waals surface area contributed by atoms with Gasteiger partial charge in [0.2, 0.25) is 11.8 Å². The first-order valence-corrected chi connectivity index (χ1v) is 11.9. The number of nitrogens with two attached hydrogens (primary N) is 1. The van der Waals surface area contributed by atoms with E-state index in [4.69, 9.17) is 15.9 Å². The summed E-state index contributed by atoms with van der Waals surface area (Å²) in [6, 6.07) is 0.227. The molecule has 1 fully saturated rings. The van der Waals surface area contributed by atoms with Gasteiger partial charge in [0.15, 0.2) is 0 Å². The molecule has 1 rings (SSSR count). The summed E-state index contributed by atoms with van der Waals surface area (Å²) in [5, 5.41) is 36.9. The van der Waals surface area contributed by atoms with Gasteiger partial charge in [-0.25, -0.2) is 0 Å². The van der Waals surface area contributed by atoms with Crippen molar-refractivity contribution in [1.82, 2.24) is 10.2 Å². The number of likely N-dealkylation sites (N-methyl/N-ethyl adjacent to an activating group) is 1. The van der Waals surface area contributed by atoms with Crippen LogP contribution in [0.4, 0.5) is 0 Å². The molecular formula is C23H51N3O7. The van der Waals surface area contributed by atoms with Crippen LogP contribution in [0.25, 0.3) is 0 Å². The van der Waals surface area contributed by atoms with Gasteiger partial charge in [-0.3, -0.25) is 19.3 Å². The van der Waals surface area contributed by atoms with Gasteiger partial charge < -0.3 is 31.5 Å². The lowest BCUT2D eigenvalue weighted by Crippen LogP contribution is -2.39. The summed E-state index contributed by atoms with van der Waals surface area (Å²) >= 11 is 0. The smallest absolute Gasteiger partial charge is 0.220 e. The van der Waals surface area contributed by atoms with E-state index in [1.807, 2.05) is 34.7 Å². The first kappa shape index (κ1) is 38.7.